The van der Waals surface area contributed by atoms with Crippen molar-refractivity contribution < 1.29 is 18.8 Å². The Morgan fingerprint density at radius 1 is 1.33 bits per heavy atom. The van der Waals surface area contributed by atoms with Crippen molar-refractivity contribution in [2.75, 3.05) is 19.7 Å². The van der Waals surface area contributed by atoms with Crippen LogP contribution in [0.15, 0.2) is 34.9 Å². The molecule has 2 aromatic heterocycles. The molecule has 1 saturated heterocycles. The van der Waals surface area contributed by atoms with Gasteiger partial charge in [-0.25, -0.2) is 0 Å². The van der Waals surface area contributed by atoms with Crippen LogP contribution in [0, 0.1) is 6.92 Å². The number of H-pyrrole nitrogens is 1. The third-order valence-electron chi connectivity index (χ3n) is 5.90. The van der Waals surface area contributed by atoms with E-state index in [-0.39, 0.29) is 18.4 Å². The fraction of sp³-hybridized carbons (Fsp3) is 0.409. The molecule has 0 spiro atoms. The largest absolute Gasteiger partial charge is 0.489 e. The molecule has 1 atom stereocenters. The Kier molecular flexibility index (Phi) is 5.00. The second kappa shape index (κ2) is 7.95. The van der Waals surface area contributed by atoms with Gasteiger partial charge in [-0.15, -0.1) is 0 Å². The van der Waals surface area contributed by atoms with Crippen molar-refractivity contribution in [3.8, 4) is 5.75 Å². The summed E-state index contributed by atoms with van der Waals surface area (Å²) in [5, 5.41) is 11.7. The summed E-state index contributed by atoms with van der Waals surface area (Å²) in [6.07, 6.45) is 1.73. The summed E-state index contributed by atoms with van der Waals surface area (Å²) < 4.78 is 16.8. The van der Waals surface area contributed by atoms with E-state index in [1.54, 1.807) is 6.92 Å². The van der Waals surface area contributed by atoms with Crippen molar-refractivity contribution in [3.63, 3.8) is 0 Å². The van der Waals surface area contributed by atoms with Gasteiger partial charge in [-0.3, -0.25) is 9.89 Å². The number of aryl methyl sites for hydroxylation is 1. The van der Waals surface area contributed by atoms with E-state index in [1.807, 2.05) is 35.2 Å². The number of amides is 1. The second-order valence-electron chi connectivity index (χ2n) is 7.77. The molecule has 1 aromatic carbocycles. The lowest BCUT2D eigenvalue weighted by molar-refractivity contribution is 0.0777. The van der Waals surface area contributed by atoms with Crippen LogP contribution in [-0.2, 0) is 24.4 Å². The van der Waals surface area contributed by atoms with E-state index in [0.717, 1.165) is 42.1 Å². The average molecular weight is 408 g/mol. The lowest BCUT2D eigenvalue weighted by Crippen LogP contribution is -2.30. The summed E-state index contributed by atoms with van der Waals surface area (Å²) in [5.74, 6) is 1.42. The highest BCUT2D eigenvalue weighted by Gasteiger charge is 2.34. The van der Waals surface area contributed by atoms with Gasteiger partial charge in [0.05, 0.1) is 24.5 Å². The van der Waals surface area contributed by atoms with Gasteiger partial charge in [-0.2, -0.15) is 5.10 Å². The Bertz CT molecular complexity index is 1040. The normalized spacial score (nSPS) is 18.4. The summed E-state index contributed by atoms with van der Waals surface area (Å²) in [6, 6.07) is 9.50. The lowest BCUT2D eigenvalue weighted by Gasteiger charge is -2.17. The number of rotatable bonds is 5. The number of fused-ring (bicyclic) bond motifs is 1. The smallest absolute Gasteiger partial charge is 0.276 e. The molecule has 4 heterocycles. The molecule has 1 amide bonds. The zero-order chi connectivity index (χ0) is 20.5. The molecule has 0 saturated carbocycles. The van der Waals surface area contributed by atoms with E-state index < -0.39 is 0 Å². The standard InChI is InChI=1S/C22H24N4O4/c1-14-17(13-29-16-5-3-2-4-6-16)21(25-30-14)22(27)26-9-7-15(11-26)20-18-12-28-10-8-19(18)23-24-20/h2-6,15H,7-13H2,1H3,(H,23,24). The van der Waals surface area contributed by atoms with Crippen LogP contribution in [0.3, 0.4) is 0 Å². The molecule has 5 rings (SSSR count). The maximum atomic E-state index is 13.2. The first-order chi connectivity index (χ1) is 14.7. The van der Waals surface area contributed by atoms with Crippen molar-refractivity contribution in [3.05, 3.63) is 64.3 Å². The number of carbonyl (C=O) groups excluding carboxylic acids is 1. The summed E-state index contributed by atoms with van der Waals surface area (Å²) in [7, 11) is 0. The first-order valence-corrected chi connectivity index (χ1v) is 10.3. The Labute approximate surface area is 174 Å². The number of aromatic amines is 1. The molecule has 1 unspecified atom stereocenters. The Balaban J connectivity index is 1.29. The number of aromatic nitrogens is 3. The van der Waals surface area contributed by atoms with Crippen LogP contribution < -0.4 is 4.74 Å². The Hall–Kier alpha value is -3.13. The number of nitrogens with one attached hydrogen (secondary N) is 1. The molecule has 2 aliphatic rings. The quantitative estimate of drug-likeness (QED) is 0.698. The zero-order valence-electron chi connectivity index (χ0n) is 16.9. The van der Waals surface area contributed by atoms with E-state index >= 15 is 0 Å². The zero-order valence-corrected chi connectivity index (χ0v) is 16.9. The van der Waals surface area contributed by atoms with Crippen LogP contribution in [0.4, 0.5) is 0 Å². The van der Waals surface area contributed by atoms with Gasteiger partial charge in [0.1, 0.15) is 18.1 Å². The highest BCUT2D eigenvalue weighted by molar-refractivity contribution is 5.94. The average Bonchev–Trinajstić information content (AvgIpc) is 3.51. The van der Waals surface area contributed by atoms with Crippen LogP contribution >= 0.6 is 0 Å². The maximum Gasteiger partial charge on any atom is 0.276 e. The molecule has 1 fully saturated rings. The molecule has 8 nitrogen and oxygen atoms in total. The number of carbonyl (C=O) groups is 1. The predicted molar refractivity (Wildman–Crippen MR) is 107 cm³/mol. The molecule has 0 bridgehead atoms. The molecular formula is C22H24N4O4. The molecule has 2 aliphatic heterocycles. The SMILES string of the molecule is Cc1onc(C(=O)N2CCC(c3n[nH]c4c3COCC4)C2)c1COc1ccccc1. The molecule has 0 aliphatic carbocycles. The first-order valence-electron chi connectivity index (χ1n) is 10.3. The van der Waals surface area contributed by atoms with Crippen molar-refractivity contribution >= 4 is 5.91 Å². The van der Waals surface area contributed by atoms with Gasteiger partial charge in [0.2, 0.25) is 0 Å². The van der Waals surface area contributed by atoms with Crippen LogP contribution in [-0.4, -0.2) is 45.9 Å². The van der Waals surface area contributed by atoms with E-state index in [1.165, 1.54) is 0 Å². The minimum Gasteiger partial charge on any atom is -0.489 e. The van der Waals surface area contributed by atoms with Crippen molar-refractivity contribution in [2.45, 2.75) is 38.9 Å². The van der Waals surface area contributed by atoms with Crippen LogP contribution in [0.1, 0.15) is 51.1 Å². The van der Waals surface area contributed by atoms with Gasteiger partial charge in [-0.05, 0) is 25.5 Å². The number of nitrogens with zero attached hydrogens (tertiary/aromatic N) is 3. The molecule has 1 N–H and O–H groups in total. The van der Waals surface area contributed by atoms with E-state index in [0.29, 0.717) is 36.7 Å². The Morgan fingerprint density at radius 3 is 3.07 bits per heavy atom. The van der Waals surface area contributed by atoms with Crippen molar-refractivity contribution in [1.82, 2.24) is 20.3 Å². The van der Waals surface area contributed by atoms with Gasteiger partial charge in [0, 0.05) is 36.7 Å². The molecule has 3 aromatic rings. The van der Waals surface area contributed by atoms with E-state index in [2.05, 4.69) is 15.4 Å². The minimum absolute atomic E-state index is 0.123. The molecule has 156 valence electrons. The maximum absolute atomic E-state index is 13.2. The van der Waals surface area contributed by atoms with Crippen LogP contribution in [0.25, 0.3) is 0 Å². The van der Waals surface area contributed by atoms with Crippen LogP contribution in [0.2, 0.25) is 0 Å². The van der Waals surface area contributed by atoms with Gasteiger partial charge >= 0.3 is 0 Å². The van der Waals surface area contributed by atoms with Crippen molar-refractivity contribution in [1.29, 1.82) is 0 Å². The van der Waals surface area contributed by atoms with Crippen molar-refractivity contribution in [2.24, 2.45) is 0 Å². The third-order valence-corrected chi connectivity index (χ3v) is 5.90. The van der Waals surface area contributed by atoms with Crippen LogP contribution in [0.5, 0.6) is 5.75 Å². The van der Waals surface area contributed by atoms with Gasteiger partial charge in [0.15, 0.2) is 5.69 Å². The van der Waals surface area contributed by atoms with Gasteiger partial charge < -0.3 is 18.9 Å². The summed E-state index contributed by atoms with van der Waals surface area (Å²) >= 11 is 0. The Morgan fingerprint density at radius 2 is 2.20 bits per heavy atom. The highest BCUT2D eigenvalue weighted by atomic mass is 16.5. The number of hydrogen-bond donors (Lipinski definition) is 1. The lowest BCUT2D eigenvalue weighted by atomic mass is 9.98. The summed E-state index contributed by atoms with van der Waals surface area (Å²) in [4.78, 5) is 15.0. The second-order valence-corrected chi connectivity index (χ2v) is 7.77. The fourth-order valence-corrected chi connectivity index (χ4v) is 4.19. The number of para-hydroxylation sites is 1. The number of ether oxygens (including phenoxy) is 2. The number of likely N-dealkylation sites (tertiary alicyclic amines) is 1. The fourth-order valence-electron chi connectivity index (χ4n) is 4.19. The van der Waals surface area contributed by atoms with E-state index in [4.69, 9.17) is 14.0 Å². The van der Waals surface area contributed by atoms with Gasteiger partial charge in [0.25, 0.3) is 5.91 Å². The first kappa shape index (κ1) is 18.9. The molecule has 8 heteroatoms. The monoisotopic (exact) mass is 408 g/mol. The third kappa shape index (κ3) is 3.47. The number of benzene rings is 1. The molecule has 30 heavy (non-hydrogen) atoms. The predicted octanol–water partition coefficient (Wildman–Crippen LogP) is 2.99. The molecular weight excluding hydrogens is 384 g/mol. The topological polar surface area (TPSA) is 93.5 Å². The number of hydrogen-bond acceptors (Lipinski definition) is 6. The van der Waals surface area contributed by atoms with E-state index in [9.17, 15) is 4.79 Å². The summed E-state index contributed by atoms with van der Waals surface area (Å²) in [6.45, 7) is 4.63. The minimum atomic E-state index is -0.123. The highest BCUT2D eigenvalue weighted by Crippen LogP contribution is 2.32. The van der Waals surface area contributed by atoms with Gasteiger partial charge in [-0.1, -0.05) is 23.4 Å². The summed E-state index contributed by atoms with van der Waals surface area (Å²) in [5.41, 5.74) is 4.38. The molecule has 0 radical (unpaired) electrons.